The number of nitrogens with one attached hydrogen (secondary N) is 2. The van der Waals surface area contributed by atoms with Gasteiger partial charge >= 0.3 is 0 Å². The fourth-order valence-electron chi connectivity index (χ4n) is 6.86. The molecule has 0 radical (unpaired) electrons. The number of fused-ring (bicyclic) bond motifs is 5. The van der Waals surface area contributed by atoms with Crippen molar-refractivity contribution in [3.63, 3.8) is 0 Å². The fourth-order valence-corrected chi connectivity index (χ4v) is 6.86. The SMILES string of the molecule is COc1ccc2c(c1)CCC1C2CC[C@@]2(C)C1CC[C@@H]2NCCCNCCCN.N. The molecule has 0 amide bonds. The Morgan fingerprint density at radius 1 is 1.10 bits per heavy atom. The molecule has 5 heteroatoms. The van der Waals surface area contributed by atoms with Crippen molar-refractivity contribution in [1.29, 1.82) is 0 Å². The first-order valence-electron chi connectivity index (χ1n) is 12.0. The van der Waals surface area contributed by atoms with E-state index in [2.05, 4.69) is 35.8 Å². The number of hydrogen-bond acceptors (Lipinski definition) is 5. The Kier molecular flexibility index (Phi) is 8.19. The van der Waals surface area contributed by atoms with Crippen molar-refractivity contribution in [3.05, 3.63) is 29.3 Å². The van der Waals surface area contributed by atoms with E-state index in [1.54, 1.807) is 18.2 Å². The highest BCUT2D eigenvalue weighted by atomic mass is 16.5. The summed E-state index contributed by atoms with van der Waals surface area (Å²) in [5.41, 5.74) is 9.22. The van der Waals surface area contributed by atoms with Crippen LogP contribution in [0.3, 0.4) is 0 Å². The molecule has 7 N–H and O–H groups in total. The van der Waals surface area contributed by atoms with Gasteiger partial charge in [0.2, 0.25) is 0 Å². The van der Waals surface area contributed by atoms with Gasteiger partial charge in [0.1, 0.15) is 5.75 Å². The Bertz CT molecular complexity index is 681. The summed E-state index contributed by atoms with van der Waals surface area (Å²) in [5.74, 6) is 3.55. The molecule has 1 aromatic carbocycles. The first kappa shape index (κ1) is 23.5. The Balaban J connectivity index is 0.00000256. The second-order valence-electron chi connectivity index (χ2n) is 9.85. The highest BCUT2D eigenvalue weighted by Crippen LogP contribution is 2.60. The predicted octanol–water partition coefficient (Wildman–Crippen LogP) is 4.00. The molecule has 1 aromatic rings. The van der Waals surface area contributed by atoms with Crippen LogP contribution >= 0.6 is 0 Å². The molecule has 3 aliphatic rings. The van der Waals surface area contributed by atoms with E-state index in [0.29, 0.717) is 11.5 Å². The van der Waals surface area contributed by atoms with Crippen LogP contribution in [0.5, 0.6) is 5.75 Å². The van der Waals surface area contributed by atoms with Crippen molar-refractivity contribution in [3.8, 4) is 5.75 Å². The van der Waals surface area contributed by atoms with Crippen LogP contribution in [-0.4, -0.2) is 39.3 Å². The molecule has 2 fully saturated rings. The van der Waals surface area contributed by atoms with Crippen molar-refractivity contribution >= 4 is 0 Å². The number of methoxy groups -OCH3 is 1. The molecule has 0 saturated heterocycles. The van der Waals surface area contributed by atoms with Gasteiger partial charge in [-0.15, -0.1) is 0 Å². The van der Waals surface area contributed by atoms with Crippen LogP contribution in [0.2, 0.25) is 0 Å². The van der Waals surface area contributed by atoms with Gasteiger partial charge in [-0.3, -0.25) is 0 Å². The monoisotopic (exact) mass is 416 g/mol. The fraction of sp³-hybridized carbons (Fsp3) is 0.760. The van der Waals surface area contributed by atoms with E-state index in [0.717, 1.165) is 56.1 Å². The summed E-state index contributed by atoms with van der Waals surface area (Å²) in [7, 11) is 1.78. The smallest absolute Gasteiger partial charge is 0.119 e. The van der Waals surface area contributed by atoms with Gasteiger partial charge in [0.15, 0.2) is 0 Å². The van der Waals surface area contributed by atoms with Crippen molar-refractivity contribution in [1.82, 2.24) is 16.8 Å². The predicted molar refractivity (Wildman–Crippen MR) is 126 cm³/mol. The molecule has 0 aromatic heterocycles. The quantitative estimate of drug-likeness (QED) is 0.457. The number of aryl methyl sites for hydroxylation is 1. The molecule has 3 aliphatic carbocycles. The summed E-state index contributed by atoms with van der Waals surface area (Å²) in [6, 6.07) is 7.54. The van der Waals surface area contributed by atoms with Gasteiger partial charge in [-0.25, -0.2) is 0 Å². The van der Waals surface area contributed by atoms with Crippen molar-refractivity contribution in [2.24, 2.45) is 23.0 Å². The summed E-state index contributed by atoms with van der Waals surface area (Å²) in [6.07, 6.45) is 10.4. The zero-order valence-corrected chi connectivity index (χ0v) is 19.2. The van der Waals surface area contributed by atoms with Gasteiger partial charge in [-0.1, -0.05) is 13.0 Å². The van der Waals surface area contributed by atoms with Gasteiger partial charge in [-0.05, 0) is 124 Å². The highest BCUT2D eigenvalue weighted by Gasteiger charge is 2.54. The second-order valence-corrected chi connectivity index (χ2v) is 9.85. The molecule has 5 atom stereocenters. The van der Waals surface area contributed by atoms with Gasteiger partial charge in [-0.2, -0.15) is 0 Å². The van der Waals surface area contributed by atoms with Crippen molar-refractivity contribution in [2.45, 2.75) is 70.3 Å². The first-order valence-corrected chi connectivity index (χ1v) is 12.0. The molecule has 0 aliphatic heterocycles. The molecule has 0 spiro atoms. The van der Waals surface area contributed by atoms with E-state index in [1.165, 1.54) is 44.9 Å². The first-order chi connectivity index (χ1) is 14.2. The molecule has 2 saturated carbocycles. The maximum atomic E-state index is 5.56. The Morgan fingerprint density at radius 2 is 1.93 bits per heavy atom. The van der Waals surface area contributed by atoms with Crippen molar-refractivity contribution < 1.29 is 4.74 Å². The summed E-state index contributed by atoms with van der Waals surface area (Å²) in [6.45, 7) is 6.68. The Morgan fingerprint density at radius 3 is 2.73 bits per heavy atom. The second kappa shape index (κ2) is 10.4. The minimum Gasteiger partial charge on any atom is -0.497 e. The maximum absolute atomic E-state index is 5.56. The minimum atomic E-state index is 0. The lowest BCUT2D eigenvalue weighted by Gasteiger charge is -2.51. The standard InChI is InChI=1S/C25H41N3O.H3N/c1-25-12-11-21-20-8-6-19(29-2)17-18(20)5-7-22(21)23(25)9-10-24(25)28-16-4-15-27-14-3-13-26;/h6,8,17,21-24,27-28H,3-5,7,9-16,26H2,1-2H3;1H3/t21?,22?,23?,24-,25-;/m0./s1. The third kappa shape index (κ3) is 4.55. The van der Waals surface area contributed by atoms with Gasteiger partial charge in [0.25, 0.3) is 0 Å². The van der Waals surface area contributed by atoms with Gasteiger partial charge in [0, 0.05) is 6.04 Å². The number of benzene rings is 1. The van der Waals surface area contributed by atoms with Crippen LogP contribution in [0.15, 0.2) is 18.2 Å². The average molecular weight is 417 g/mol. The van der Waals surface area contributed by atoms with E-state index in [-0.39, 0.29) is 6.15 Å². The number of nitrogens with two attached hydrogens (primary N) is 1. The number of ether oxygens (including phenoxy) is 1. The van der Waals surface area contributed by atoms with Crippen LogP contribution in [0.1, 0.15) is 68.9 Å². The lowest BCUT2D eigenvalue weighted by molar-refractivity contribution is 0.0412. The Labute approximate surface area is 183 Å². The lowest BCUT2D eigenvalue weighted by Crippen LogP contribution is -2.49. The van der Waals surface area contributed by atoms with E-state index in [4.69, 9.17) is 10.5 Å². The van der Waals surface area contributed by atoms with E-state index in [9.17, 15) is 0 Å². The molecular formula is C25H44N4O. The number of rotatable bonds is 9. The van der Waals surface area contributed by atoms with Crippen LogP contribution in [0, 0.1) is 17.3 Å². The van der Waals surface area contributed by atoms with Crippen LogP contribution in [0.25, 0.3) is 0 Å². The summed E-state index contributed by atoms with van der Waals surface area (Å²) < 4.78 is 5.47. The third-order valence-electron chi connectivity index (χ3n) is 8.41. The van der Waals surface area contributed by atoms with Crippen LogP contribution in [0.4, 0.5) is 0 Å². The maximum Gasteiger partial charge on any atom is 0.119 e. The highest BCUT2D eigenvalue weighted by molar-refractivity contribution is 5.40. The number of hydrogen-bond donors (Lipinski definition) is 4. The molecule has 30 heavy (non-hydrogen) atoms. The molecule has 170 valence electrons. The normalized spacial score (nSPS) is 32.0. The van der Waals surface area contributed by atoms with E-state index in [1.807, 2.05) is 0 Å². The zero-order valence-electron chi connectivity index (χ0n) is 19.2. The summed E-state index contributed by atoms with van der Waals surface area (Å²) >= 11 is 0. The zero-order chi connectivity index (χ0) is 20.3. The largest absolute Gasteiger partial charge is 0.497 e. The lowest BCUT2D eigenvalue weighted by atomic mass is 9.55. The van der Waals surface area contributed by atoms with Gasteiger partial charge in [0.05, 0.1) is 7.11 Å². The average Bonchev–Trinajstić information content (AvgIpc) is 3.08. The van der Waals surface area contributed by atoms with Crippen LogP contribution < -0.4 is 27.3 Å². The van der Waals surface area contributed by atoms with Crippen molar-refractivity contribution in [2.75, 3.05) is 33.3 Å². The van der Waals surface area contributed by atoms with Crippen LogP contribution in [-0.2, 0) is 6.42 Å². The summed E-state index contributed by atoms with van der Waals surface area (Å²) in [4.78, 5) is 0. The van der Waals surface area contributed by atoms with E-state index >= 15 is 0 Å². The topological polar surface area (TPSA) is 94.3 Å². The summed E-state index contributed by atoms with van der Waals surface area (Å²) in [5, 5.41) is 7.46. The molecule has 0 bridgehead atoms. The molecular weight excluding hydrogens is 372 g/mol. The van der Waals surface area contributed by atoms with Gasteiger partial charge < -0.3 is 27.3 Å². The molecule has 0 heterocycles. The van der Waals surface area contributed by atoms with E-state index < -0.39 is 0 Å². The molecule has 3 unspecified atom stereocenters. The minimum absolute atomic E-state index is 0. The molecule has 4 rings (SSSR count). The Hall–Kier alpha value is -1.14. The molecule has 5 nitrogen and oxygen atoms in total. The third-order valence-corrected chi connectivity index (χ3v) is 8.41.